The van der Waals surface area contributed by atoms with Crippen molar-refractivity contribution in [2.75, 3.05) is 27.9 Å². The van der Waals surface area contributed by atoms with Crippen molar-refractivity contribution in [3.8, 4) is 11.5 Å². The van der Waals surface area contributed by atoms with E-state index in [2.05, 4.69) is 0 Å². The van der Waals surface area contributed by atoms with Crippen LogP contribution in [0.2, 0.25) is 0 Å². The highest BCUT2D eigenvalue weighted by Gasteiger charge is 2.25. The van der Waals surface area contributed by atoms with Gasteiger partial charge in [-0.15, -0.1) is 0 Å². The molecule has 1 aliphatic heterocycles. The van der Waals surface area contributed by atoms with E-state index < -0.39 is 0 Å². The second kappa shape index (κ2) is 6.99. The van der Waals surface area contributed by atoms with Gasteiger partial charge in [0, 0.05) is 18.7 Å². The quantitative estimate of drug-likeness (QED) is 0.852. The number of allylic oxidation sites excluding steroid dienone is 2. The number of nitrogens with zero attached hydrogens (tertiary/aromatic N) is 1. The SMILES string of the molecule is COC1=CCCC(C(=O)N2CCc3cc(OC)c(OC)cc3C2)=C1. The molecule has 0 saturated carbocycles. The molecular formula is C19H23NO4. The minimum absolute atomic E-state index is 0.0954. The van der Waals surface area contributed by atoms with Gasteiger partial charge in [0.15, 0.2) is 11.5 Å². The Bertz CT molecular complexity index is 706. The van der Waals surface area contributed by atoms with Gasteiger partial charge in [0.05, 0.1) is 21.3 Å². The van der Waals surface area contributed by atoms with Crippen LogP contribution >= 0.6 is 0 Å². The summed E-state index contributed by atoms with van der Waals surface area (Å²) in [4.78, 5) is 14.7. The van der Waals surface area contributed by atoms with E-state index in [1.807, 2.05) is 29.2 Å². The fraction of sp³-hybridized carbons (Fsp3) is 0.421. The lowest BCUT2D eigenvalue weighted by atomic mass is 9.96. The van der Waals surface area contributed by atoms with E-state index in [0.717, 1.165) is 41.9 Å². The Morgan fingerprint density at radius 3 is 2.38 bits per heavy atom. The van der Waals surface area contributed by atoms with Gasteiger partial charge in [-0.25, -0.2) is 0 Å². The average molecular weight is 329 g/mol. The largest absolute Gasteiger partial charge is 0.497 e. The van der Waals surface area contributed by atoms with Gasteiger partial charge in [0.25, 0.3) is 0 Å². The molecule has 0 spiro atoms. The second-order valence-electron chi connectivity index (χ2n) is 5.97. The van der Waals surface area contributed by atoms with E-state index in [1.165, 1.54) is 5.56 Å². The van der Waals surface area contributed by atoms with Crippen molar-refractivity contribution in [3.05, 3.63) is 46.7 Å². The maximum atomic E-state index is 12.8. The molecule has 1 aliphatic carbocycles. The Balaban J connectivity index is 1.81. The molecule has 1 heterocycles. The van der Waals surface area contributed by atoms with Crippen molar-refractivity contribution >= 4 is 5.91 Å². The lowest BCUT2D eigenvalue weighted by Gasteiger charge is -2.31. The highest BCUT2D eigenvalue weighted by Crippen LogP contribution is 2.33. The highest BCUT2D eigenvalue weighted by molar-refractivity contribution is 5.94. The number of hydrogen-bond donors (Lipinski definition) is 0. The molecule has 0 N–H and O–H groups in total. The summed E-state index contributed by atoms with van der Waals surface area (Å²) in [6.07, 6.45) is 6.30. The number of carbonyl (C=O) groups excluding carboxylic acids is 1. The molecule has 1 aromatic carbocycles. The first kappa shape index (κ1) is 16.4. The van der Waals surface area contributed by atoms with Crippen LogP contribution in [0.25, 0.3) is 0 Å². The van der Waals surface area contributed by atoms with Crippen LogP contribution in [0, 0.1) is 0 Å². The molecule has 0 unspecified atom stereocenters. The fourth-order valence-electron chi connectivity index (χ4n) is 3.24. The van der Waals surface area contributed by atoms with Crippen LogP contribution in [-0.4, -0.2) is 38.7 Å². The van der Waals surface area contributed by atoms with Crippen molar-refractivity contribution in [2.45, 2.75) is 25.8 Å². The number of amides is 1. The van der Waals surface area contributed by atoms with E-state index in [0.29, 0.717) is 18.8 Å². The second-order valence-corrected chi connectivity index (χ2v) is 5.97. The zero-order chi connectivity index (χ0) is 17.1. The molecule has 1 aromatic rings. The van der Waals surface area contributed by atoms with Crippen molar-refractivity contribution < 1.29 is 19.0 Å². The third-order valence-electron chi connectivity index (χ3n) is 4.59. The lowest BCUT2D eigenvalue weighted by Crippen LogP contribution is -2.37. The molecule has 128 valence electrons. The normalized spacial score (nSPS) is 16.7. The van der Waals surface area contributed by atoms with Crippen LogP contribution in [0.5, 0.6) is 11.5 Å². The number of benzene rings is 1. The number of methoxy groups -OCH3 is 3. The molecule has 0 aromatic heterocycles. The first-order chi connectivity index (χ1) is 11.7. The highest BCUT2D eigenvalue weighted by atomic mass is 16.5. The molecule has 0 radical (unpaired) electrons. The van der Waals surface area contributed by atoms with Gasteiger partial charge in [-0.05, 0) is 54.7 Å². The Morgan fingerprint density at radius 2 is 1.71 bits per heavy atom. The van der Waals surface area contributed by atoms with Crippen LogP contribution < -0.4 is 9.47 Å². The summed E-state index contributed by atoms with van der Waals surface area (Å²) in [5, 5.41) is 0. The zero-order valence-electron chi connectivity index (χ0n) is 14.4. The van der Waals surface area contributed by atoms with Gasteiger partial charge in [-0.3, -0.25) is 4.79 Å². The van der Waals surface area contributed by atoms with Crippen molar-refractivity contribution in [1.29, 1.82) is 0 Å². The van der Waals surface area contributed by atoms with Crippen LogP contribution in [0.1, 0.15) is 24.0 Å². The van der Waals surface area contributed by atoms with Crippen molar-refractivity contribution in [1.82, 2.24) is 4.90 Å². The number of fused-ring (bicyclic) bond motifs is 1. The minimum atomic E-state index is 0.0954. The molecule has 5 nitrogen and oxygen atoms in total. The first-order valence-corrected chi connectivity index (χ1v) is 8.14. The molecule has 0 bridgehead atoms. The molecule has 1 amide bonds. The number of rotatable bonds is 4. The molecule has 5 heteroatoms. The first-order valence-electron chi connectivity index (χ1n) is 8.14. The third kappa shape index (κ3) is 3.11. The minimum Gasteiger partial charge on any atom is -0.497 e. The van der Waals surface area contributed by atoms with Gasteiger partial charge >= 0.3 is 0 Å². The summed E-state index contributed by atoms with van der Waals surface area (Å²) in [5.74, 6) is 2.31. The van der Waals surface area contributed by atoms with E-state index >= 15 is 0 Å². The molecule has 0 fully saturated rings. The van der Waals surface area contributed by atoms with Gasteiger partial charge in [0.1, 0.15) is 5.76 Å². The molecular weight excluding hydrogens is 306 g/mol. The number of hydrogen-bond acceptors (Lipinski definition) is 4. The third-order valence-corrected chi connectivity index (χ3v) is 4.59. The smallest absolute Gasteiger partial charge is 0.250 e. The fourth-order valence-corrected chi connectivity index (χ4v) is 3.24. The summed E-state index contributed by atoms with van der Waals surface area (Å²) in [5.41, 5.74) is 3.15. The summed E-state index contributed by atoms with van der Waals surface area (Å²) in [7, 11) is 4.90. The summed E-state index contributed by atoms with van der Waals surface area (Å²) < 4.78 is 16.0. The lowest BCUT2D eigenvalue weighted by molar-refractivity contribution is -0.128. The van der Waals surface area contributed by atoms with Crippen LogP contribution in [0.4, 0.5) is 0 Å². The van der Waals surface area contributed by atoms with Gasteiger partial charge < -0.3 is 19.1 Å². The molecule has 0 atom stereocenters. The number of ether oxygens (including phenoxy) is 3. The van der Waals surface area contributed by atoms with Crippen molar-refractivity contribution in [3.63, 3.8) is 0 Å². The predicted molar refractivity (Wildman–Crippen MR) is 91.1 cm³/mol. The predicted octanol–water partition coefficient (Wildman–Crippen LogP) is 2.84. The van der Waals surface area contributed by atoms with E-state index in [4.69, 9.17) is 14.2 Å². The van der Waals surface area contributed by atoms with E-state index in [9.17, 15) is 4.79 Å². The summed E-state index contributed by atoms with van der Waals surface area (Å²) in [6.45, 7) is 1.31. The Hall–Kier alpha value is -2.43. The zero-order valence-corrected chi connectivity index (χ0v) is 14.4. The van der Waals surface area contributed by atoms with E-state index in [-0.39, 0.29) is 5.91 Å². The standard InChI is InChI=1S/C19H23NO4/c1-22-16-6-4-5-14(9-16)19(21)20-8-7-13-10-17(23-2)18(24-3)11-15(13)12-20/h6,9-11H,4-5,7-8,12H2,1-3H3. The van der Waals surface area contributed by atoms with Gasteiger partial charge in [-0.2, -0.15) is 0 Å². The Labute approximate surface area is 142 Å². The molecule has 0 saturated heterocycles. The monoisotopic (exact) mass is 329 g/mol. The molecule has 24 heavy (non-hydrogen) atoms. The topological polar surface area (TPSA) is 48.0 Å². The molecule has 3 rings (SSSR count). The van der Waals surface area contributed by atoms with Crippen LogP contribution in [-0.2, 0) is 22.5 Å². The van der Waals surface area contributed by atoms with Gasteiger partial charge in [-0.1, -0.05) is 0 Å². The maximum Gasteiger partial charge on any atom is 0.250 e. The Morgan fingerprint density at radius 1 is 1.00 bits per heavy atom. The van der Waals surface area contributed by atoms with Crippen LogP contribution in [0.3, 0.4) is 0 Å². The van der Waals surface area contributed by atoms with Gasteiger partial charge in [0.2, 0.25) is 5.91 Å². The maximum absolute atomic E-state index is 12.8. The summed E-state index contributed by atoms with van der Waals surface area (Å²) in [6, 6.07) is 3.99. The number of carbonyl (C=O) groups is 1. The average Bonchev–Trinajstić information content (AvgIpc) is 2.65. The van der Waals surface area contributed by atoms with Crippen molar-refractivity contribution in [2.24, 2.45) is 0 Å². The van der Waals surface area contributed by atoms with E-state index in [1.54, 1.807) is 21.3 Å². The molecule has 2 aliphatic rings. The summed E-state index contributed by atoms with van der Waals surface area (Å²) >= 11 is 0. The van der Waals surface area contributed by atoms with Crippen LogP contribution in [0.15, 0.2) is 35.6 Å². The Kier molecular flexibility index (Phi) is 4.79.